The molecule has 9 heteroatoms. The average molecular weight is 417 g/mol. The second-order valence-electron chi connectivity index (χ2n) is 7.22. The molecule has 0 bridgehead atoms. The molecular weight excluding hydrogens is 390 g/mol. The standard InChI is InChI=1S/C21H27N3O6/c1-3-30-21(28)16-4-6-17(7-5-16)24-19(26)14-18(20(24)27)23(15(2)25)9-8-22-10-12-29-13-11-22/h4-7,18H,3,8-14H2,1-2H3. The zero-order valence-corrected chi connectivity index (χ0v) is 17.3. The molecule has 1 aromatic carbocycles. The van der Waals surface area contributed by atoms with E-state index in [-0.39, 0.29) is 24.8 Å². The number of imide groups is 1. The first-order chi connectivity index (χ1) is 14.4. The number of ether oxygens (including phenoxy) is 2. The van der Waals surface area contributed by atoms with Gasteiger partial charge < -0.3 is 14.4 Å². The van der Waals surface area contributed by atoms with Gasteiger partial charge in [-0.1, -0.05) is 0 Å². The molecule has 9 nitrogen and oxygen atoms in total. The van der Waals surface area contributed by atoms with Gasteiger partial charge in [0.2, 0.25) is 11.8 Å². The van der Waals surface area contributed by atoms with Crippen LogP contribution in [0.2, 0.25) is 0 Å². The first-order valence-electron chi connectivity index (χ1n) is 10.1. The first kappa shape index (κ1) is 21.9. The van der Waals surface area contributed by atoms with Crippen molar-refractivity contribution in [2.75, 3.05) is 50.9 Å². The Hall–Kier alpha value is -2.78. The highest BCUT2D eigenvalue weighted by Gasteiger charge is 2.43. The van der Waals surface area contributed by atoms with Crippen molar-refractivity contribution < 1.29 is 28.7 Å². The highest BCUT2D eigenvalue weighted by molar-refractivity contribution is 6.23. The molecular formula is C21H27N3O6. The Morgan fingerprint density at radius 2 is 1.83 bits per heavy atom. The van der Waals surface area contributed by atoms with Crippen LogP contribution < -0.4 is 4.90 Å². The summed E-state index contributed by atoms with van der Waals surface area (Å²) in [6, 6.07) is 5.29. The maximum atomic E-state index is 13.0. The lowest BCUT2D eigenvalue weighted by Crippen LogP contribution is -2.49. The lowest BCUT2D eigenvalue weighted by Gasteiger charge is -2.31. The molecule has 3 rings (SSSR count). The van der Waals surface area contributed by atoms with E-state index in [0.29, 0.717) is 37.6 Å². The van der Waals surface area contributed by atoms with Gasteiger partial charge in [0.05, 0.1) is 37.5 Å². The number of carbonyl (C=O) groups excluding carboxylic acids is 4. The van der Waals surface area contributed by atoms with E-state index in [9.17, 15) is 19.2 Å². The number of nitrogens with zero attached hydrogens (tertiary/aromatic N) is 3. The fraction of sp³-hybridized carbons (Fsp3) is 0.524. The number of rotatable bonds is 7. The van der Waals surface area contributed by atoms with Crippen molar-refractivity contribution >= 4 is 29.4 Å². The molecule has 1 unspecified atom stereocenters. The Morgan fingerprint density at radius 1 is 1.17 bits per heavy atom. The summed E-state index contributed by atoms with van der Waals surface area (Å²) in [6.45, 7) is 7.24. The van der Waals surface area contributed by atoms with Crippen molar-refractivity contribution in [2.45, 2.75) is 26.3 Å². The molecule has 2 fully saturated rings. The van der Waals surface area contributed by atoms with Gasteiger partial charge in [-0.3, -0.25) is 19.3 Å². The van der Waals surface area contributed by atoms with E-state index in [1.54, 1.807) is 6.92 Å². The molecule has 1 atom stereocenters. The van der Waals surface area contributed by atoms with Gasteiger partial charge in [-0.25, -0.2) is 9.69 Å². The van der Waals surface area contributed by atoms with E-state index >= 15 is 0 Å². The zero-order chi connectivity index (χ0) is 21.7. The Morgan fingerprint density at radius 3 is 2.43 bits per heavy atom. The SMILES string of the molecule is CCOC(=O)c1ccc(N2C(=O)CC(N(CCN3CCOCC3)C(C)=O)C2=O)cc1. The quantitative estimate of drug-likeness (QED) is 0.475. The average Bonchev–Trinajstić information content (AvgIpc) is 3.03. The largest absolute Gasteiger partial charge is 0.462 e. The summed E-state index contributed by atoms with van der Waals surface area (Å²) in [5.41, 5.74) is 0.712. The molecule has 162 valence electrons. The smallest absolute Gasteiger partial charge is 0.338 e. The lowest BCUT2D eigenvalue weighted by atomic mass is 10.2. The highest BCUT2D eigenvalue weighted by Crippen LogP contribution is 2.26. The van der Waals surface area contributed by atoms with E-state index in [0.717, 1.165) is 18.0 Å². The first-order valence-corrected chi connectivity index (χ1v) is 10.1. The molecule has 0 spiro atoms. The van der Waals surface area contributed by atoms with Crippen LogP contribution in [0.5, 0.6) is 0 Å². The van der Waals surface area contributed by atoms with Gasteiger partial charge >= 0.3 is 5.97 Å². The number of esters is 1. The van der Waals surface area contributed by atoms with Crippen molar-refractivity contribution in [3.8, 4) is 0 Å². The third kappa shape index (κ3) is 4.85. The monoisotopic (exact) mass is 417 g/mol. The van der Waals surface area contributed by atoms with Crippen LogP contribution in [-0.4, -0.2) is 85.5 Å². The van der Waals surface area contributed by atoms with Crippen LogP contribution in [0.15, 0.2) is 24.3 Å². The maximum absolute atomic E-state index is 13.0. The van der Waals surface area contributed by atoms with E-state index in [2.05, 4.69) is 4.90 Å². The molecule has 0 aromatic heterocycles. The van der Waals surface area contributed by atoms with Crippen LogP contribution in [0.4, 0.5) is 5.69 Å². The molecule has 2 heterocycles. The fourth-order valence-electron chi connectivity index (χ4n) is 3.70. The third-order valence-electron chi connectivity index (χ3n) is 5.30. The van der Waals surface area contributed by atoms with Crippen LogP contribution in [0.3, 0.4) is 0 Å². The Kier molecular flexibility index (Phi) is 7.17. The summed E-state index contributed by atoms with van der Waals surface area (Å²) in [4.78, 5) is 54.4. The van der Waals surface area contributed by atoms with Crippen LogP contribution in [-0.2, 0) is 23.9 Å². The third-order valence-corrected chi connectivity index (χ3v) is 5.30. The zero-order valence-electron chi connectivity index (χ0n) is 17.3. The minimum Gasteiger partial charge on any atom is -0.462 e. The molecule has 2 aliphatic rings. The second kappa shape index (κ2) is 9.82. The maximum Gasteiger partial charge on any atom is 0.338 e. The van der Waals surface area contributed by atoms with Crippen molar-refractivity contribution in [2.24, 2.45) is 0 Å². The molecule has 2 saturated heterocycles. The molecule has 2 aliphatic heterocycles. The summed E-state index contributed by atoms with van der Waals surface area (Å²) >= 11 is 0. The van der Waals surface area contributed by atoms with Crippen LogP contribution in [0.25, 0.3) is 0 Å². The molecule has 0 N–H and O–H groups in total. The van der Waals surface area contributed by atoms with Crippen molar-refractivity contribution in [1.29, 1.82) is 0 Å². The predicted molar refractivity (Wildman–Crippen MR) is 108 cm³/mol. The minimum atomic E-state index is -0.819. The Balaban J connectivity index is 1.70. The van der Waals surface area contributed by atoms with Gasteiger partial charge in [0.25, 0.3) is 5.91 Å². The number of hydrogen-bond donors (Lipinski definition) is 0. The highest BCUT2D eigenvalue weighted by atomic mass is 16.5. The molecule has 1 aromatic rings. The topological polar surface area (TPSA) is 96.5 Å². The number of benzene rings is 1. The van der Waals surface area contributed by atoms with E-state index in [4.69, 9.17) is 9.47 Å². The second-order valence-corrected chi connectivity index (χ2v) is 7.22. The summed E-state index contributed by atoms with van der Waals surface area (Å²) < 4.78 is 10.3. The van der Waals surface area contributed by atoms with E-state index in [1.165, 1.54) is 36.1 Å². The van der Waals surface area contributed by atoms with Gasteiger partial charge in [0.15, 0.2) is 0 Å². The van der Waals surface area contributed by atoms with Gasteiger partial charge in [-0.15, -0.1) is 0 Å². The summed E-state index contributed by atoms with van der Waals surface area (Å²) in [7, 11) is 0. The van der Waals surface area contributed by atoms with E-state index < -0.39 is 17.9 Å². The van der Waals surface area contributed by atoms with Crippen molar-refractivity contribution in [1.82, 2.24) is 9.80 Å². The number of carbonyl (C=O) groups is 4. The normalized spacial score (nSPS) is 19.8. The van der Waals surface area contributed by atoms with Crippen molar-refractivity contribution in [3.05, 3.63) is 29.8 Å². The van der Waals surface area contributed by atoms with Gasteiger partial charge in [0, 0.05) is 33.1 Å². The fourth-order valence-corrected chi connectivity index (χ4v) is 3.70. The molecule has 3 amide bonds. The summed E-state index contributed by atoms with van der Waals surface area (Å²) in [6.07, 6.45) is -0.0544. The molecule has 0 radical (unpaired) electrons. The summed E-state index contributed by atoms with van der Waals surface area (Å²) in [5.74, 6) is -1.51. The van der Waals surface area contributed by atoms with Gasteiger partial charge in [-0.2, -0.15) is 0 Å². The van der Waals surface area contributed by atoms with Gasteiger partial charge in [0.1, 0.15) is 6.04 Å². The predicted octanol–water partition coefficient (Wildman–Crippen LogP) is 0.676. The Labute approximate surface area is 175 Å². The van der Waals surface area contributed by atoms with Gasteiger partial charge in [-0.05, 0) is 31.2 Å². The molecule has 0 aliphatic carbocycles. The lowest BCUT2D eigenvalue weighted by molar-refractivity contribution is -0.136. The van der Waals surface area contributed by atoms with Crippen LogP contribution in [0, 0.1) is 0 Å². The number of anilines is 1. The molecule has 0 saturated carbocycles. The van der Waals surface area contributed by atoms with E-state index in [1.807, 2.05) is 0 Å². The Bertz CT molecular complexity index is 803. The van der Waals surface area contributed by atoms with Crippen LogP contribution in [0.1, 0.15) is 30.6 Å². The number of hydrogen-bond acceptors (Lipinski definition) is 7. The van der Waals surface area contributed by atoms with Crippen molar-refractivity contribution in [3.63, 3.8) is 0 Å². The molecule has 30 heavy (non-hydrogen) atoms. The number of morpholine rings is 1. The summed E-state index contributed by atoms with van der Waals surface area (Å²) in [5, 5.41) is 0. The van der Waals surface area contributed by atoms with Crippen LogP contribution >= 0.6 is 0 Å². The number of amides is 3. The minimum absolute atomic E-state index is 0.0544.